The fourth-order valence-electron chi connectivity index (χ4n) is 2.07. The van der Waals surface area contributed by atoms with Crippen LogP contribution in [0.2, 0.25) is 0 Å². The molecule has 0 radical (unpaired) electrons. The zero-order valence-electron chi connectivity index (χ0n) is 9.92. The molecule has 0 aliphatic rings. The molecule has 18 heavy (non-hydrogen) atoms. The molecule has 92 valence electrons. The molecule has 0 saturated carbocycles. The highest BCUT2D eigenvalue weighted by Crippen LogP contribution is 2.15. The van der Waals surface area contributed by atoms with E-state index < -0.39 is 0 Å². The average Bonchev–Trinajstić information content (AvgIpc) is 2.84. The van der Waals surface area contributed by atoms with Crippen molar-refractivity contribution in [3.8, 4) is 0 Å². The summed E-state index contributed by atoms with van der Waals surface area (Å²) in [6.07, 6.45) is 3.64. The highest BCUT2D eigenvalue weighted by atomic mass is 16.1. The van der Waals surface area contributed by atoms with E-state index in [-0.39, 0.29) is 5.69 Å². The van der Waals surface area contributed by atoms with Crippen LogP contribution >= 0.6 is 0 Å². The predicted molar refractivity (Wildman–Crippen MR) is 69.3 cm³/mol. The second kappa shape index (κ2) is 3.76. The van der Waals surface area contributed by atoms with E-state index in [9.17, 15) is 4.79 Å². The zero-order chi connectivity index (χ0) is 12.7. The number of hydrogen-bond acceptors (Lipinski definition) is 3. The standard InChI is InChI=1S/C12H13N5O/c1-16-6-8(5-14-16)7-17-11-3-2-9(13)4-10(11)15-12(17)18/h2-6H,7,13H2,1H3,(H,15,18). The van der Waals surface area contributed by atoms with Crippen LogP contribution in [0.4, 0.5) is 5.69 Å². The van der Waals surface area contributed by atoms with Gasteiger partial charge in [0, 0.05) is 24.5 Å². The lowest BCUT2D eigenvalue weighted by Gasteiger charge is -2.01. The maximum Gasteiger partial charge on any atom is 0.326 e. The summed E-state index contributed by atoms with van der Waals surface area (Å²) in [4.78, 5) is 14.7. The highest BCUT2D eigenvalue weighted by Gasteiger charge is 2.08. The molecule has 1 aromatic carbocycles. The Balaban J connectivity index is 2.11. The third kappa shape index (κ3) is 1.67. The molecule has 3 N–H and O–H groups in total. The van der Waals surface area contributed by atoms with Gasteiger partial charge in [-0.3, -0.25) is 9.25 Å². The van der Waals surface area contributed by atoms with Crippen LogP contribution in [0.3, 0.4) is 0 Å². The number of H-pyrrole nitrogens is 1. The number of anilines is 1. The van der Waals surface area contributed by atoms with E-state index in [0.29, 0.717) is 12.2 Å². The van der Waals surface area contributed by atoms with Crippen molar-refractivity contribution in [3.63, 3.8) is 0 Å². The summed E-state index contributed by atoms with van der Waals surface area (Å²) in [6, 6.07) is 5.39. The number of aryl methyl sites for hydroxylation is 1. The molecule has 2 heterocycles. The Morgan fingerprint density at radius 2 is 2.28 bits per heavy atom. The van der Waals surface area contributed by atoms with Crippen molar-refractivity contribution in [2.45, 2.75) is 6.54 Å². The molecule has 0 atom stereocenters. The van der Waals surface area contributed by atoms with E-state index in [2.05, 4.69) is 10.1 Å². The Morgan fingerprint density at radius 3 is 3.00 bits per heavy atom. The number of imidazole rings is 1. The van der Waals surface area contributed by atoms with Crippen molar-refractivity contribution in [1.82, 2.24) is 19.3 Å². The molecule has 3 rings (SSSR count). The van der Waals surface area contributed by atoms with E-state index in [1.54, 1.807) is 27.6 Å². The van der Waals surface area contributed by atoms with Gasteiger partial charge < -0.3 is 10.7 Å². The molecule has 0 bridgehead atoms. The number of benzene rings is 1. The Hall–Kier alpha value is -2.50. The lowest BCUT2D eigenvalue weighted by Crippen LogP contribution is -2.17. The minimum absolute atomic E-state index is 0.139. The molecule has 0 spiro atoms. The van der Waals surface area contributed by atoms with Gasteiger partial charge >= 0.3 is 5.69 Å². The van der Waals surface area contributed by atoms with Gasteiger partial charge in [0.1, 0.15) is 0 Å². The van der Waals surface area contributed by atoms with Gasteiger partial charge in [-0.05, 0) is 18.2 Å². The van der Waals surface area contributed by atoms with Gasteiger partial charge in [0.25, 0.3) is 0 Å². The summed E-state index contributed by atoms with van der Waals surface area (Å²) >= 11 is 0. The molecule has 6 nitrogen and oxygen atoms in total. The van der Waals surface area contributed by atoms with Gasteiger partial charge in [0.15, 0.2) is 0 Å². The SMILES string of the molecule is Cn1cc(Cn2c(=O)[nH]c3cc(N)ccc32)cn1. The summed E-state index contributed by atoms with van der Waals surface area (Å²) in [5, 5.41) is 4.09. The Labute approximate surface area is 103 Å². The van der Waals surface area contributed by atoms with Crippen molar-refractivity contribution >= 4 is 16.7 Å². The van der Waals surface area contributed by atoms with Crippen LogP contribution in [0, 0.1) is 0 Å². The molecule has 3 aromatic rings. The Bertz CT molecular complexity index is 764. The molecule has 0 fully saturated rings. The summed E-state index contributed by atoms with van der Waals surface area (Å²) in [7, 11) is 1.85. The zero-order valence-corrected chi connectivity index (χ0v) is 9.92. The number of nitrogens with two attached hydrogens (primary N) is 1. The predicted octanol–water partition coefficient (Wildman–Crippen LogP) is 0.694. The van der Waals surface area contributed by atoms with Crippen LogP contribution < -0.4 is 11.4 Å². The van der Waals surface area contributed by atoms with Crippen molar-refractivity contribution in [3.05, 3.63) is 46.6 Å². The Kier molecular flexibility index (Phi) is 2.22. The monoisotopic (exact) mass is 243 g/mol. The van der Waals surface area contributed by atoms with Crippen LogP contribution in [0.25, 0.3) is 11.0 Å². The van der Waals surface area contributed by atoms with Gasteiger partial charge in [0.05, 0.1) is 23.8 Å². The minimum atomic E-state index is -0.139. The molecular formula is C12H13N5O. The number of hydrogen-bond donors (Lipinski definition) is 2. The van der Waals surface area contributed by atoms with Gasteiger partial charge in [-0.15, -0.1) is 0 Å². The maximum atomic E-state index is 11.9. The quantitative estimate of drug-likeness (QED) is 0.650. The van der Waals surface area contributed by atoms with Gasteiger partial charge in [0.2, 0.25) is 0 Å². The first kappa shape index (κ1) is 10.6. The van der Waals surface area contributed by atoms with E-state index in [1.165, 1.54) is 0 Å². The molecule has 0 aliphatic heterocycles. The molecule has 0 amide bonds. The number of nitrogens with one attached hydrogen (secondary N) is 1. The second-order valence-electron chi connectivity index (χ2n) is 4.32. The first-order valence-electron chi connectivity index (χ1n) is 5.59. The number of nitrogens with zero attached hydrogens (tertiary/aromatic N) is 3. The lowest BCUT2D eigenvalue weighted by atomic mass is 10.2. The normalized spacial score (nSPS) is 11.2. The first-order chi connectivity index (χ1) is 8.63. The van der Waals surface area contributed by atoms with E-state index >= 15 is 0 Å². The molecule has 0 saturated heterocycles. The Morgan fingerprint density at radius 1 is 1.44 bits per heavy atom. The van der Waals surface area contributed by atoms with Crippen molar-refractivity contribution in [2.75, 3.05) is 5.73 Å². The third-order valence-electron chi connectivity index (χ3n) is 2.90. The summed E-state index contributed by atoms with van der Waals surface area (Å²) in [5.74, 6) is 0. The van der Waals surface area contributed by atoms with Crippen LogP contribution in [-0.4, -0.2) is 19.3 Å². The van der Waals surface area contributed by atoms with E-state index in [0.717, 1.165) is 16.6 Å². The number of rotatable bonds is 2. The molecular weight excluding hydrogens is 230 g/mol. The first-order valence-corrected chi connectivity index (χ1v) is 5.59. The average molecular weight is 243 g/mol. The van der Waals surface area contributed by atoms with Crippen LogP contribution in [0.5, 0.6) is 0 Å². The molecule has 2 aromatic heterocycles. The fraction of sp³-hybridized carbons (Fsp3) is 0.167. The number of aromatic nitrogens is 4. The van der Waals surface area contributed by atoms with Crippen molar-refractivity contribution < 1.29 is 0 Å². The smallest absolute Gasteiger partial charge is 0.326 e. The summed E-state index contributed by atoms with van der Waals surface area (Å²) in [5.41, 5.74) is 8.77. The van der Waals surface area contributed by atoms with Gasteiger partial charge in [-0.1, -0.05) is 0 Å². The van der Waals surface area contributed by atoms with E-state index in [4.69, 9.17) is 5.73 Å². The van der Waals surface area contributed by atoms with Gasteiger partial charge in [-0.2, -0.15) is 5.10 Å². The second-order valence-corrected chi connectivity index (χ2v) is 4.32. The number of fused-ring (bicyclic) bond motifs is 1. The maximum absolute atomic E-state index is 11.9. The number of aromatic amines is 1. The minimum Gasteiger partial charge on any atom is -0.399 e. The summed E-state index contributed by atoms with van der Waals surface area (Å²) in [6.45, 7) is 0.497. The van der Waals surface area contributed by atoms with Crippen LogP contribution in [0.15, 0.2) is 35.4 Å². The molecule has 0 aliphatic carbocycles. The van der Waals surface area contributed by atoms with Crippen LogP contribution in [-0.2, 0) is 13.6 Å². The largest absolute Gasteiger partial charge is 0.399 e. The molecule has 6 heteroatoms. The topological polar surface area (TPSA) is 81.6 Å². The fourth-order valence-corrected chi connectivity index (χ4v) is 2.07. The highest BCUT2D eigenvalue weighted by molar-refractivity contribution is 5.78. The van der Waals surface area contributed by atoms with E-state index in [1.807, 2.05) is 19.3 Å². The van der Waals surface area contributed by atoms with Crippen molar-refractivity contribution in [2.24, 2.45) is 7.05 Å². The van der Waals surface area contributed by atoms with Crippen LogP contribution in [0.1, 0.15) is 5.56 Å². The van der Waals surface area contributed by atoms with Gasteiger partial charge in [-0.25, -0.2) is 4.79 Å². The number of nitrogen functional groups attached to an aromatic ring is 1. The lowest BCUT2D eigenvalue weighted by molar-refractivity contribution is 0.760. The van der Waals surface area contributed by atoms with Crippen molar-refractivity contribution in [1.29, 1.82) is 0 Å². The summed E-state index contributed by atoms with van der Waals surface area (Å²) < 4.78 is 3.39. The molecule has 0 unspecified atom stereocenters. The third-order valence-corrected chi connectivity index (χ3v) is 2.90.